The van der Waals surface area contributed by atoms with E-state index in [9.17, 15) is 8.42 Å². The van der Waals surface area contributed by atoms with Crippen LogP contribution in [0.5, 0.6) is 5.75 Å². The molecule has 0 saturated carbocycles. The van der Waals surface area contributed by atoms with Crippen molar-refractivity contribution in [1.82, 2.24) is 0 Å². The summed E-state index contributed by atoms with van der Waals surface area (Å²) in [5.41, 5.74) is 0.726. The average molecular weight is 257 g/mol. The lowest BCUT2D eigenvalue weighted by Crippen LogP contribution is -2.16. The van der Waals surface area contributed by atoms with E-state index in [2.05, 4.69) is 0 Å². The summed E-state index contributed by atoms with van der Waals surface area (Å²) in [5, 5.41) is 5.25. The van der Waals surface area contributed by atoms with Crippen LogP contribution in [0.4, 0.5) is 0 Å². The summed E-state index contributed by atoms with van der Waals surface area (Å²) in [7, 11) is -3.74. The zero-order chi connectivity index (χ0) is 12.9. The number of hydrogen-bond acceptors (Lipinski definition) is 3. The van der Waals surface area contributed by atoms with E-state index in [1.54, 1.807) is 18.2 Å². The zero-order valence-corrected chi connectivity index (χ0v) is 11.1. The van der Waals surface area contributed by atoms with Gasteiger partial charge in [-0.15, -0.1) is 0 Å². The number of nitrogens with two attached hydrogens (primary N) is 1. The molecule has 0 aromatic heterocycles. The maximum absolute atomic E-state index is 11.6. The van der Waals surface area contributed by atoms with Crippen LogP contribution in [0.1, 0.15) is 32.3 Å². The first-order valence-corrected chi connectivity index (χ1v) is 7.32. The van der Waals surface area contributed by atoms with E-state index in [-0.39, 0.29) is 4.90 Å². The summed E-state index contributed by atoms with van der Waals surface area (Å²) in [4.78, 5) is 0.135. The number of sulfonamides is 1. The van der Waals surface area contributed by atoms with Crippen LogP contribution >= 0.6 is 0 Å². The van der Waals surface area contributed by atoms with Gasteiger partial charge in [-0.3, -0.25) is 0 Å². The Morgan fingerprint density at radius 2 is 1.94 bits per heavy atom. The Bertz CT molecular complexity index is 469. The first-order chi connectivity index (χ1) is 8.00. The van der Waals surface area contributed by atoms with E-state index in [0.29, 0.717) is 18.8 Å². The predicted molar refractivity (Wildman–Crippen MR) is 67.6 cm³/mol. The second-order valence-electron chi connectivity index (χ2n) is 3.89. The number of benzene rings is 1. The second-order valence-corrected chi connectivity index (χ2v) is 5.39. The van der Waals surface area contributed by atoms with E-state index < -0.39 is 10.0 Å². The Hall–Kier alpha value is -1.07. The van der Waals surface area contributed by atoms with Gasteiger partial charge in [0.25, 0.3) is 0 Å². The van der Waals surface area contributed by atoms with E-state index >= 15 is 0 Å². The molecule has 0 atom stereocenters. The van der Waals surface area contributed by atoms with Gasteiger partial charge in [-0.05, 0) is 24.5 Å². The van der Waals surface area contributed by atoms with Gasteiger partial charge in [-0.2, -0.15) is 0 Å². The van der Waals surface area contributed by atoms with Crippen LogP contribution in [-0.4, -0.2) is 15.0 Å². The molecule has 0 aliphatic carbocycles. The normalized spacial score (nSPS) is 11.5. The summed E-state index contributed by atoms with van der Waals surface area (Å²) < 4.78 is 28.7. The number of hydrogen-bond donors (Lipinski definition) is 1. The SMILES string of the molecule is CCCOc1cccc(CCC)c1S(N)(=O)=O. The zero-order valence-electron chi connectivity index (χ0n) is 10.3. The molecule has 5 heteroatoms. The number of primary sulfonamides is 1. The van der Waals surface area contributed by atoms with Crippen LogP contribution in [0.15, 0.2) is 23.1 Å². The molecular formula is C12H19NO3S. The Balaban J connectivity index is 3.25. The third-order valence-electron chi connectivity index (χ3n) is 2.33. The first kappa shape index (κ1) is 14.0. The average Bonchev–Trinajstić information content (AvgIpc) is 2.25. The lowest BCUT2D eigenvalue weighted by atomic mass is 10.1. The van der Waals surface area contributed by atoms with Crippen molar-refractivity contribution in [1.29, 1.82) is 0 Å². The summed E-state index contributed by atoms with van der Waals surface area (Å²) in [6, 6.07) is 5.22. The van der Waals surface area contributed by atoms with Crippen LogP contribution in [0, 0.1) is 0 Å². The van der Waals surface area contributed by atoms with Crippen molar-refractivity contribution in [3.8, 4) is 5.75 Å². The molecule has 4 nitrogen and oxygen atoms in total. The van der Waals surface area contributed by atoms with E-state index in [1.807, 2.05) is 13.8 Å². The lowest BCUT2D eigenvalue weighted by Gasteiger charge is -2.13. The maximum atomic E-state index is 11.6. The van der Waals surface area contributed by atoms with Gasteiger partial charge in [0.2, 0.25) is 10.0 Å². The van der Waals surface area contributed by atoms with Gasteiger partial charge in [-0.25, -0.2) is 13.6 Å². The van der Waals surface area contributed by atoms with Crippen LogP contribution in [0.3, 0.4) is 0 Å². The molecule has 17 heavy (non-hydrogen) atoms. The van der Waals surface area contributed by atoms with Gasteiger partial charge in [0.15, 0.2) is 0 Å². The topological polar surface area (TPSA) is 69.4 Å². The first-order valence-electron chi connectivity index (χ1n) is 5.78. The highest BCUT2D eigenvalue weighted by molar-refractivity contribution is 7.89. The molecule has 0 heterocycles. The van der Waals surface area contributed by atoms with Crippen molar-refractivity contribution in [2.75, 3.05) is 6.61 Å². The van der Waals surface area contributed by atoms with Crippen molar-refractivity contribution in [3.63, 3.8) is 0 Å². The van der Waals surface area contributed by atoms with Gasteiger partial charge in [0.1, 0.15) is 10.6 Å². The van der Waals surface area contributed by atoms with Gasteiger partial charge < -0.3 is 4.74 Å². The fourth-order valence-corrected chi connectivity index (χ4v) is 2.62. The minimum Gasteiger partial charge on any atom is -0.492 e. The van der Waals surface area contributed by atoms with Crippen molar-refractivity contribution in [3.05, 3.63) is 23.8 Å². The molecule has 0 spiro atoms. The van der Waals surface area contributed by atoms with Crippen LogP contribution in [0.25, 0.3) is 0 Å². The van der Waals surface area contributed by atoms with Gasteiger partial charge in [0, 0.05) is 0 Å². The smallest absolute Gasteiger partial charge is 0.242 e. The number of aryl methyl sites for hydroxylation is 1. The standard InChI is InChI=1S/C12H19NO3S/c1-3-6-10-7-5-8-11(16-9-4-2)12(10)17(13,14)15/h5,7-8H,3-4,6,9H2,1-2H3,(H2,13,14,15). The molecular weight excluding hydrogens is 238 g/mol. The predicted octanol–water partition coefficient (Wildman–Crippen LogP) is 2.08. The van der Waals surface area contributed by atoms with E-state index in [1.165, 1.54) is 0 Å². The summed E-state index contributed by atoms with van der Waals surface area (Å²) in [5.74, 6) is 0.361. The quantitative estimate of drug-likeness (QED) is 0.848. The molecule has 0 aliphatic rings. The van der Waals surface area contributed by atoms with Crippen LogP contribution in [0.2, 0.25) is 0 Å². The summed E-state index contributed by atoms with van der Waals surface area (Å²) in [6.07, 6.45) is 2.36. The molecule has 0 aliphatic heterocycles. The van der Waals surface area contributed by atoms with Crippen molar-refractivity contribution >= 4 is 10.0 Å². The van der Waals surface area contributed by atoms with Crippen molar-refractivity contribution < 1.29 is 13.2 Å². The van der Waals surface area contributed by atoms with E-state index in [0.717, 1.165) is 18.4 Å². The van der Waals surface area contributed by atoms with E-state index in [4.69, 9.17) is 9.88 Å². The molecule has 0 unspecified atom stereocenters. The van der Waals surface area contributed by atoms with Gasteiger partial charge >= 0.3 is 0 Å². The highest BCUT2D eigenvalue weighted by Crippen LogP contribution is 2.27. The second kappa shape index (κ2) is 6.02. The molecule has 96 valence electrons. The lowest BCUT2D eigenvalue weighted by molar-refractivity contribution is 0.308. The third-order valence-corrected chi connectivity index (χ3v) is 3.36. The maximum Gasteiger partial charge on any atom is 0.242 e. The third kappa shape index (κ3) is 3.71. The van der Waals surface area contributed by atoms with Crippen LogP contribution in [-0.2, 0) is 16.4 Å². The van der Waals surface area contributed by atoms with Crippen LogP contribution < -0.4 is 9.88 Å². The minimum atomic E-state index is -3.74. The molecule has 0 saturated heterocycles. The Morgan fingerprint density at radius 1 is 1.24 bits per heavy atom. The van der Waals surface area contributed by atoms with Gasteiger partial charge in [0.05, 0.1) is 6.61 Å². The van der Waals surface area contributed by atoms with Gasteiger partial charge in [-0.1, -0.05) is 32.4 Å². The Kier molecular flexibility index (Phi) is 4.96. The molecule has 1 aromatic carbocycles. The fourth-order valence-electron chi connectivity index (χ4n) is 1.68. The van der Waals surface area contributed by atoms with Crippen molar-refractivity contribution in [2.45, 2.75) is 38.0 Å². The van der Waals surface area contributed by atoms with Crippen molar-refractivity contribution in [2.24, 2.45) is 5.14 Å². The Labute approximate surface area is 103 Å². The molecule has 0 bridgehead atoms. The highest BCUT2D eigenvalue weighted by atomic mass is 32.2. The fraction of sp³-hybridized carbons (Fsp3) is 0.500. The molecule has 2 N–H and O–H groups in total. The molecule has 1 rings (SSSR count). The number of ether oxygens (including phenoxy) is 1. The highest BCUT2D eigenvalue weighted by Gasteiger charge is 2.19. The molecule has 1 aromatic rings. The summed E-state index contributed by atoms with van der Waals surface area (Å²) in [6.45, 7) is 4.44. The minimum absolute atomic E-state index is 0.135. The largest absolute Gasteiger partial charge is 0.492 e. The number of rotatable bonds is 6. The molecule has 0 amide bonds. The monoisotopic (exact) mass is 257 g/mol. The Morgan fingerprint density at radius 3 is 2.47 bits per heavy atom. The summed E-state index contributed by atoms with van der Waals surface area (Å²) >= 11 is 0. The molecule has 0 fully saturated rings. The molecule has 0 radical (unpaired) electrons.